The number of esters is 1. The number of carbonyl (C=O) groups excluding carboxylic acids is 1. The number of halogens is 3. The van der Waals surface area contributed by atoms with Crippen LogP contribution in [0.3, 0.4) is 0 Å². The van der Waals surface area contributed by atoms with E-state index in [2.05, 4.69) is 15.2 Å². The minimum absolute atomic E-state index is 0.0417. The molecular weight excluding hydrogens is 610 g/mol. The third kappa shape index (κ3) is 5.66. The van der Waals surface area contributed by atoms with Gasteiger partial charge >= 0.3 is 19.9 Å². The van der Waals surface area contributed by atoms with Gasteiger partial charge in [0, 0.05) is 0 Å². The summed E-state index contributed by atoms with van der Waals surface area (Å²) in [6.07, 6.45) is -9.04. The number of anilines is 1. The lowest BCUT2D eigenvalue weighted by atomic mass is 9.87. The second kappa shape index (κ2) is 11.3. The lowest BCUT2D eigenvalue weighted by Gasteiger charge is -2.30. The molecule has 1 aromatic carbocycles. The maximum atomic E-state index is 14.0. The van der Waals surface area contributed by atoms with Gasteiger partial charge in [-0.05, 0) is 56.9 Å². The normalized spacial score (nSPS) is 32.0. The Bertz CT molecular complexity index is 1570. The van der Waals surface area contributed by atoms with Crippen LogP contribution in [0.5, 0.6) is 5.75 Å². The Labute approximate surface area is 249 Å². The summed E-state index contributed by atoms with van der Waals surface area (Å²) >= 11 is 0. The van der Waals surface area contributed by atoms with Crippen LogP contribution in [-0.4, -0.2) is 73.0 Å². The lowest BCUT2D eigenvalue weighted by molar-refractivity contribution is -0.188. The molecule has 44 heavy (non-hydrogen) atoms. The summed E-state index contributed by atoms with van der Waals surface area (Å²) in [5.41, 5.74) is 4.77. The van der Waals surface area contributed by atoms with E-state index in [4.69, 9.17) is 24.3 Å². The van der Waals surface area contributed by atoms with E-state index in [1.165, 1.54) is 29.9 Å². The van der Waals surface area contributed by atoms with E-state index in [0.717, 1.165) is 0 Å². The monoisotopic (exact) mass is 641 g/mol. The highest BCUT2D eigenvalue weighted by atomic mass is 31.2. The molecule has 1 aliphatic heterocycles. The van der Waals surface area contributed by atoms with Gasteiger partial charge in [-0.25, -0.2) is 14.1 Å². The van der Waals surface area contributed by atoms with Crippen LogP contribution < -0.4 is 15.3 Å². The SMILES string of the molecule is C[C@@H](N[P@@](=O)(Oc1ccccc1)OC1[C@H]2O[C@@H](c3ccc4c(N)ncnn34)[C@H](O)[C@@]12O)C(=O)OC1CCC(C(F)(F)F)CC1. The molecule has 2 saturated carbocycles. The first-order chi connectivity index (χ1) is 20.8. The molecule has 3 aliphatic rings. The number of hydrogen-bond donors (Lipinski definition) is 4. The zero-order valence-corrected chi connectivity index (χ0v) is 24.2. The van der Waals surface area contributed by atoms with Crippen LogP contribution in [0.15, 0.2) is 48.8 Å². The van der Waals surface area contributed by atoms with Crippen LogP contribution in [0.2, 0.25) is 0 Å². The van der Waals surface area contributed by atoms with Crippen LogP contribution in [-0.2, 0) is 23.4 Å². The Balaban J connectivity index is 1.14. The number of para-hydroxylation sites is 1. The van der Waals surface area contributed by atoms with Gasteiger partial charge in [0.25, 0.3) is 0 Å². The van der Waals surface area contributed by atoms with Crippen molar-refractivity contribution in [2.75, 3.05) is 5.73 Å². The number of nitrogens with one attached hydrogen (secondary N) is 1. The van der Waals surface area contributed by atoms with Gasteiger partial charge in [-0.3, -0.25) is 9.32 Å². The number of benzene rings is 1. The molecule has 1 saturated heterocycles. The third-order valence-electron chi connectivity index (χ3n) is 8.28. The summed E-state index contributed by atoms with van der Waals surface area (Å²) in [5, 5.41) is 29.0. The number of nitrogens with zero attached hydrogens (tertiary/aromatic N) is 3. The van der Waals surface area contributed by atoms with Crippen molar-refractivity contribution in [3.05, 3.63) is 54.5 Å². The number of carbonyl (C=O) groups is 1. The van der Waals surface area contributed by atoms with Crippen LogP contribution >= 0.6 is 7.75 Å². The van der Waals surface area contributed by atoms with Gasteiger partial charge in [0.05, 0.1) is 11.6 Å². The Kier molecular flexibility index (Phi) is 7.87. The number of ether oxygens (including phenoxy) is 2. The molecule has 3 heterocycles. The number of hydrogen-bond acceptors (Lipinski definition) is 11. The summed E-state index contributed by atoms with van der Waals surface area (Å²) in [7, 11) is -4.47. The number of rotatable bonds is 9. The van der Waals surface area contributed by atoms with E-state index in [0.29, 0.717) is 11.2 Å². The molecule has 13 nitrogen and oxygen atoms in total. The molecule has 0 radical (unpaired) electrons. The second-order valence-corrected chi connectivity index (χ2v) is 12.9. The molecule has 1 unspecified atom stereocenters. The van der Waals surface area contributed by atoms with Crippen LogP contribution in [0.25, 0.3) is 5.52 Å². The molecule has 6 rings (SSSR count). The first kappa shape index (κ1) is 30.7. The van der Waals surface area contributed by atoms with Gasteiger partial charge in [0.2, 0.25) is 0 Å². The van der Waals surface area contributed by atoms with Crippen molar-refractivity contribution >= 4 is 25.1 Å². The van der Waals surface area contributed by atoms with E-state index < -0.39 is 68.0 Å². The molecule has 0 spiro atoms. The molecule has 2 aromatic heterocycles. The molecule has 238 valence electrons. The zero-order valence-electron chi connectivity index (χ0n) is 23.3. The van der Waals surface area contributed by atoms with Crippen molar-refractivity contribution in [2.45, 2.75) is 80.9 Å². The summed E-state index contributed by atoms with van der Waals surface area (Å²) in [6.45, 7) is 1.34. The van der Waals surface area contributed by atoms with E-state index in [9.17, 15) is 32.7 Å². The summed E-state index contributed by atoms with van der Waals surface area (Å²) in [5.74, 6) is -1.99. The first-order valence-electron chi connectivity index (χ1n) is 14.0. The predicted octanol–water partition coefficient (Wildman–Crippen LogP) is 3.07. The fourth-order valence-corrected chi connectivity index (χ4v) is 7.51. The molecule has 5 N–H and O–H groups in total. The number of nitrogen functional groups attached to an aromatic ring is 1. The van der Waals surface area contributed by atoms with Crippen molar-refractivity contribution in [1.82, 2.24) is 19.7 Å². The maximum absolute atomic E-state index is 14.0. The minimum Gasteiger partial charge on any atom is -0.461 e. The minimum atomic E-state index is -4.47. The summed E-state index contributed by atoms with van der Waals surface area (Å²) < 4.78 is 77.2. The van der Waals surface area contributed by atoms with Crippen molar-refractivity contribution < 1.29 is 51.3 Å². The average Bonchev–Trinajstić information content (AvgIpc) is 3.23. The van der Waals surface area contributed by atoms with Crippen molar-refractivity contribution in [3.8, 4) is 5.75 Å². The number of aliphatic hydroxyl groups excluding tert-OH is 1. The maximum Gasteiger partial charge on any atom is 0.459 e. The van der Waals surface area contributed by atoms with Gasteiger partial charge in [0.15, 0.2) is 11.4 Å². The Morgan fingerprint density at radius 1 is 1.20 bits per heavy atom. The Morgan fingerprint density at radius 2 is 1.91 bits per heavy atom. The molecule has 7 atom stereocenters. The van der Waals surface area contributed by atoms with Crippen LogP contribution in [0, 0.1) is 5.92 Å². The van der Waals surface area contributed by atoms with Crippen molar-refractivity contribution in [3.63, 3.8) is 0 Å². The Hall–Kier alpha value is -3.27. The predicted molar refractivity (Wildman–Crippen MR) is 146 cm³/mol. The average molecular weight is 642 g/mol. The van der Waals surface area contributed by atoms with Crippen LogP contribution in [0.1, 0.15) is 44.4 Å². The smallest absolute Gasteiger partial charge is 0.459 e. The Morgan fingerprint density at radius 3 is 2.55 bits per heavy atom. The highest BCUT2D eigenvalue weighted by Gasteiger charge is 2.79. The fraction of sp³-hybridized carbons (Fsp3) is 0.519. The number of nitrogens with two attached hydrogens (primary N) is 1. The van der Waals surface area contributed by atoms with Gasteiger partial charge in [0.1, 0.15) is 54.2 Å². The molecule has 0 bridgehead atoms. The molecule has 3 aromatic rings. The molecule has 2 aliphatic carbocycles. The van der Waals surface area contributed by atoms with E-state index >= 15 is 0 Å². The van der Waals surface area contributed by atoms with Gasteiger partial charge in [-0.2, -0.15) is 23.4 Å². The lowest BCUT2D eigenvalue weighted by Crippen LogP contribution is -2.40. The standard InChI is InChI=1S/C27H31F3N5O8P/c1-14(25(37)40-16-9-7-15(8-10-16)27(28,29)30)34-44(39,42-17-5-3-2-4-6-17)43-23-22-26(23,38)21(36)20(41-22)18-11-12-19-24(31)32-13-33-35(18)19/h2-6,11-16,20-23,36,38H,7-10H2,1H3,(H,34,39)(H2,31,32,33)/t14-,15?,16?,20+,21+,22-,23?,26+,44-/m1/s1. The highest BCUT2D eigenvalue weighted by molar-refractivity contribution is 7.52. The molecular formula is C27H31F3N5O8P. The van der Waals surface area contributed by atoms with Gasteiger partial charge < -0.3 is 29.9 Å². The van der Waals surface area contributed by atoms with Crippen molar-refractivity contribution in [2.24, 2.45) is 5.92 Å². The molecule has 17 heteroatoms. The highest BCUT2D eigenvalue weighted by Crippen LogP contribution is 2.61. The quantitative estimate of drug-likeness (QED) is 0.199. The summed E-state index contributed by atoms with van der Waals surface area (Å²) in [4.78, 5) is 16.8. The van der Waals surface area contributed by atoms with Gasteiger partial charge in [-0.1, -0.05) is 18.2 Å². The molecule has 0 amide bonds. The van der Waals surface area contributed by atoms with Crippen LogP contribution in [0.4, 0.5) is 19.0 Å². The van der Waals surface area contributed by atoms with E-state index in [-0.39, 0.29) is 37.3 Å². The topological polar surface area (TPSA) is 180 Å². The fourth-order valence-electron chi connectivity index (χ4n) is 5.79. The number of fused-ring (bicyclic) bond motifs is 2. The van der Waals surface area contributed by atoms with E-state index in [1.807, 2.05) is 0 Å². The van der Waals surface area contributed by atoms with Crippen molar-refractivity contribution in [1.29, 1.82) is 0 Å². The molecule has 3 fully saturated rings. The summed E-state index contributed by atoms with van der Waals surface area (Å²) in [6, 6.07) is 9.89. The second-order valence-electron chi connectivity index (χ2n) is 11.2. The van der Waals surface area contributed by atoms with E-state index in [1.54, 1.807) is 30.3 Å². The number of aromatic nitrogens is 3. The number of alkyl halides is 3. The third-order valence-corrected chi connectivity index (χ3v) is 9.94. The van der Waals surface area contributed by atoms with Gasteiger partial charge in [-0.15, -0.1) is 0 Å². The number of aliphatic hydroxyl groups is 2. The zero-order chi connectivity index (χ0) is 31.4. The first-order valence-corrected chi connectivity index (χ1v) is 15.6. The largest absolute Gasteiger partial charge is 0.461 e.